The van der Waals surface area contributed by atoms with Crippen molar-refractivity contribution in [2.45, 2.75) is 37.2 Å². The van der Waals surface area contributed by atoms with Gasteiger partial charge in [-0.3, -0.25) is 4.79 Å². The zero-order valence-corrected chi connectivity index (χ0v) is 16.2. The van der Waals surface area contributed by atoms with Crippen LogP contribution >= 0.6 is 0 Å². The van der Waals surface area contributed by atoms with Crippen LogP contribution in [0.5, 0.6) is 0 Å². The Morgan fingerprint density at radius 2 is 1.90 bits per heavy atom. The summed E-state index contributed by atoms with van der Waals surface area (Å²) >= 11 is 0. The Hall–Kier alpha value is -2.97. The molecule has 2 aromatic carbocycles. The van der Waals surface area contributed by atoms with Crippen molar-refractivity contribution in [3.05, 3.63) is 71.0 Å². The molecule has 0 aliphatic carbocycles. The van der Waals surface area contributed by atoms with Crippen molar-refractivity contribution in [3.63, 3.8) is 0 Å². The van der Waals surface area contributed by atoms with Crippen LogP contribution in [0.25, 0.3) is 0 Å². The fraction of sp³-hybridized carbons (Fsp3) is 0.364. The van der Waals surface area contributed by atoms with Crippen molar-refractivity contribution in [2.75, 3.05) is 13.2 Å². The highest BCUT2D eigenvalue weighted by molar-refractivity contribution is 5.82. The van der Waals surface area contributed by atoms with Crippen LogP contribution in [0, 0.1) is 5.82 Å². The number of nitrogens with zero attached hydrogens (tertiary/aromatic N) is 1. The minimum atomic E-state index is -1.04. The lowest BCUT2D eigenvalue weighted by Crippen LogP contribution is -2.52. The van der Waals surface area contributed by atoms with E-state index < -0.39 is 30.4 Å². The molecule has 7 nitrogen and oxygen atoms in total. The topological polar surface area (TPSA) is 102 Å². The summed E-state index contributed by atoms with van der Waals surface area (Å²) in [6.45, 7) is 0.321. The Kier molecular flexibility index (Phi) is 5.69. The summed E-state index contributed by atoms with van der Waals surface area (Å²) in [5, 5.41) is 10.00. The summed E-state index contributed by atoms with van der Waals surface area (Å²) in [6.07, 6.45) is -3.16. The van der Waals surface area contributed by atoms with E-state index in [0.717, 1.165) is 16.7 Å². The van der Waals surface area contributed by atoms with Crippen molar-refractivity contribution in [1.29, 1.82) is 0 Å². The zero-order valence-electron chi connectivity index (χ0n) is 16.2. The molecule has 0 unspecified atom stereocenters. The number of ether oxygens (including phenoxy) is 2. The molecule has 2 aliphatic rings. The summed E-state index contributed by atoms with van der Waals surface area (Å²) in [5.74, 6) is -0.624. The lowest BCUT2D eigenvalue weighted by molar-refractivity contribution is -0.164. The van der Waals surface area contributed by atoms with E-state index in [1.54, 1.807) is 17.0 Å². The smallest absolute Gasteiger partial charge is 0.404 e. The van der Waals surface area contributed by atoms with Gasteiger partial charge in [-0.1, -0.05) is 36.4 Å². The Morgan fingerprint density at radius 3 is 2.63 bits per heavy atom. The molecule has 8 heteroatoms. The van der Waals surface area contributed by atoms with Crippen LogP contribution in [0.4, 0.5) is 9.18 Å². The van der Waals surface area contributed by atoms with Gasteiger partial charge in [0.25, 0.3) is 5.91 Å². The summed E-state index contributed by atoms with van der Waals surface area (Å²) in [7, 11) is 0. The minimum Gasteiger partial charge on any atom is -0.443 e. The van der Waals surface area contributed by atoms with Crippen LogP contribution in [0.3, 0.4) is 0 Å². The van der Waals surface area contributed by atoms with Gasteiger partial charge >= 0.3 is 6.09 Å². The fourth-order valence-corrected chi connectivity index (χ4v) is 4.20. The van der Waals surface area contributed by atoms with Gasteiger partial charge in [0.05, 0.1) is 12.6 Å². The molecule has 0 radical (unpaired) electrons. The lowest BCUT2D eigenvalue weighted by Gasteiger charge is -2.41. The molecule has 4 atom stereocenters. The van der Waals surface area contributed by atoms with Gasteiger partial charge in [-0.15, -0.1) is 0 Å². The first-order chi connectivity index (χ1) is 14.4. The molecule has 1 saturated heterocycles. The third-order valence-corrected chi connectivity index (χ3v) is 5.64. The van der Waals surface area contributed by atoms with Gasteiger partial charge in [0, 0.05) is 13.0 Å². The third-order valence-electron chi connectivity index (χ3n) is 5.64. The third kappa shape index (κ3) is 4.01. The number of nitrogens with two attached hydrogens (primary N) is 1. The standard InChI is InChI=1S/C22H23FN2O5/c23-15-7-5-14(6-8-15)20-16-4-2-1-3-13(16)9-10-25(20)21(27)19-11-18(30-22(24)28)17(26)12-29-19/h1-8,17-20,26H,9-12H2,(H2,24,28)/t17-,18-,19+,20-/m0/s1. The molecule has 0 saturated carbocycles. The van der Waals surface area contributed by atoms with Crippen LogP contribution < -0.4 is 5.73 Å². The van der Waals surface area contributed by atoms with Crippen LogP contribution in [-0.2, 0) is 20.7 Å². The zero-order chi connectivity index (χ0) is 21.3. The normalized spacial score (nSPS) is 26.0. The maximum absolute atomic E-state index is 13.5. The van der Waals surface area contributed by atoms with Crippen LogP contribution in [0.2, 0.25) is 0 Å². The van der Waals surface area contributed by atoms with Crippen molar-refractivity contribution < 1.29 is 28.6 Å². The molecule has 2 heterocycles. The molecule has 3 N–H and O–H groups in total. The van der Waals surface area contributed by atoms with Crippen molar-refractivity contribution >= 4 is 12.0 Å². The van der Waals surface area contributed by atoms with E-state index in [1.807, 2.05) is 24.3 Å². The average molecular weight is 414 g/mol. The van der Waals surface area contributed by atoms with Crippen LogP contribution in [-0.4, -0.2) is 53.5 Å². The van der Waals surface area contributed by atoms with Gasteiger partial charge in [-0.05, 0) is 35.2 Å². The van der Waals surface area contributed by atoms with Gasteiger partial charge in [0.15, 0.2) is 0 Å². The van der Waals surface area contributed by atoms with Crippen molar-refractivity contribution in [2.24, 2.45) is 5.73 Å². The van der Waals surface area contributed by atoms with E-state index in [-0.39, 0.29) is 24.8 Å². The Balaban J connectivity index is 1.64. The lowest BCUT2D eigenvalue weighted by atomic mass is 9.87. The summed E-state index contributed by atoms with van der Waals surface area (Å²) < 4.78 is 24.0. The number of aliphatic hydroxyl groups is 1. The highest BCUT2D eigenvalue weighted by Gasteiger charge is 2.41. The van der Waals surface area contributed by atoms with E-state index in [2.05, 4.69) is 0 Å². The predicted octanol–water partition coefficient (Wildman–Crippen LogP) is 1.91. The van der Waals surface area contributed by atoms with Crippen molar-refractivity contribution in [1.82, 2.24) is 4.90 Å². The van der Waals surface area contributed by atoms with E-state index >= 15 is 0 Å². The van der Waals surface area contributed by atoms with Crippen molar-refractivity contribution in [3.8, 4) is 0 Å². The number of hydrogen-bond acceptors (Lipinski definition) is 5. The molecular weight excluding hydrogens is 391 g/mol. The quantitative estimate of drug-likeness (QED) is 0.799. The van der Waals surface area contributed by atoms with Gasteiger partial charge in [0.2, 0.25) is 0 Å². The number of halogens is 1. The molecule has 1 fully saturated rings. The van der Waals surface area contributed by atoms with E-state index in [9.17, 15) is 19.1 Å². The summed E-state index contributed by atoms with van der Waals surface area (Å²) in [6, 6.07) is 13.6. The number of primary amides is 1. The molecule has 2 aromatic rings. The highest BCUT2D eigenvalue weighted by Crippen LogP contribution is 2.36. The number of rotatable bonds is 3. The molecule has 158 valence electrons. The number of aliphatic hydroxyl groups excluding tert-OH is 1. The first-order valence-corrected chi connectivity index (χ1v) is 9.83. The molecule has 30 heavy (non-hydrogen) atoms. The van der Waals surface area contributed by atoms with Gasteiger partial charge in [-0.25, -0.2) is 9.18 Å². The fourth-order valence-electron chi connectivity index (χ4n) is 4.20. The monoisotopic (exact) mass is 414 g/mol. The van der Waals surface area contributed by atoms with E-state index in [4.69, 9.17) is 15.2 Å². The molecular formula is C22H23FN2O5. The van der Waals surface area contributed by atoms with E-state index in [1.165, 1.54) is 12.1 Å². The second kappa shape index (κ2) is 8.41. The second-order valence-electron chi connectivity index (χ2n) is 7.53. The van der Waals surface area contributed by atoms with Crippen LogP contribution in [0.1, 0.15) is 29.2 Å². The predicted molar refractivity (Wildman–Crippen MR) is 105 cm³/mol. The molecule has 2 amide bonds. The molecule has 0 aromatic heterocycles. The summed E-state index contributed by atoms with van der Waals surface area (Å²) in [4.78, 5) is 26.2. The molecule has 4 rings (SSSR count). The van der Waals surface area contributed by atoms with Gasteiger partial charge < -0.3 is 25.2 Å². The largest absolute Gasteiger partial charge is 0.443 e. The maximum atomic E-state index is 13.5. The number of fused-ring (bicyclic) bond motifs is 1. The second-order valence-corrected chi connectivity index (χ2v) is 7.53. The molecule has 0 bridgehead atoms. The average Bonchev–Trinajstić information content (AvgIpc) is 2.74. The Morgan fingerprint density at radius 1 is 1.17 bits per heavy atom. The molecule has 0 spiro atoms. The maximum Gasteiger partial charge on any atom is 0.404 e. The Labute approximate surface area is 173 Å². The van der Waals surface area contributed by atoms with Gasteiger partial charge in [0.1, 0.15) is 24.1 Å². The van der Waals surface area contributed by atoms with Crippen LogP contribution in [0.15, 0.2) is 48.5 Å². The Bertz CT molecular complexity index is 935. The number of carbonyl (C=O) groups is 2. The number of amides is 2. The first-order valence-electron chi connectivity index (χ1n) is 9.83. The number of benzene rings is 2. The van der Waals surface area contributed by atoms with E-state index in [0.29, 0.717) is 13.0 Å². The number of hydrogen-bond donors (Lipinski definition) is 2. The number of carbonyl (C=O) groups excluding carboxylic acids is 2. The SMILES string of the molecule is NC(=O)O[C@H]1C[C@H](C(=O)N2CCc3ccccc3[C@@H]2c2ccc(F)cc2)OC[C@@H]1O. The van der Waals surface area contributed by atoms with Gasteiger partial charge in [-0.2, -0.15) is 0 Å². The summed E-state index contributed by atoms with van der Waals surface area (Å²) in [5.41, 5.74) is 7.97. The molecule has 2 aliphatic heterocycles. The highest BCUT2D eigenvalue weighted by atomic mass is 19.1. The first kappa shape index (κ1) is 20.3. The minimum absolute atomic E-state index is 0.0111.